The topological polar surface area (TPSA) is 79.0 Å². The van der Waals surface area contributed by atoms with Crippen molar-refractivity contribution < 1.29 is 26.3 Å². The highest BCUT2D eigenvalue weighted by molar-refractivity contribution is 7.89. The third kappa shape index (κ3) is 3.10. The molecular weight excluding hydrogens is 420 g/mol. The van der Waals surface area contributed by atoms with Crippen LogP contribution in [0.4, 0.5) is 13.2 Å². The van der Waals surface area contributed by atoms with E-state index >= 15 is 0 Å². The molecule has 140 valence electrons. The van der Waals surface area contributed by atoms with E-state index in [1.54, 1.807) is 0 Å². The molecule has 1 aromatic carbocycles. The van der Waals surface area contributed by atoms with Gasteiger partial charge in [-0.2, -0.15) is 18.0 Å². The summed E-state index contributed by atoms with van der Waals surface area (Å²) in [5.41, 5.74) is -0.461. The number of alkyl halides is 2. The average molecular weight is 429 g/mol. The Morgan fingerprint density at radius 1 is 1.23 bits per heavy atom. The number of benzene rings is 1. The zero-order chi connectivity index (χ0) is 19.4. The summed E-state index contributed by atoms with van der Waals surface area (Å²) in [5, 5.41) is 7.01. The van der Waals surface area contributed by atoms with Crippen LogP contribution in [0.5, 0.6) is 5.88 Å². The van der Waals surface area contributed by atoms with Gasteiger partial charge in [-0.1, -0.05) is 23.2 Å². The van der Waals surface area contributed by atoms with E-state index in [9.17, 15) is 21.6 Å². The Balaban J connectivity index is 2.28. The Hall–Kier alpha value is -1.98. The minimum atomic E-state index is -3.83. The number of fused-ring (bicyclic) bond motifs is 1. The van der Waals surface area contributed by atoms with Gasteiger partial charge in [-0.15, -0.1) is 5.10 Å². The van der Waals surface area contributed by atoms with Crippen LogP contribution < -0.4 is 4.74 Å². The summed E-state index contributed by atoms with van der Waals surface area (Å²) in [6, 6.07) is 2.07. The van der Waals surface area contributed by atoms with E-state index < -0.39 is 28.3 Å². The first-order chi connectivity index (χ1) is 12.0. The third-order valence-electron chi connectivity index (χ3n) is 3.40. The Morgan fingerprint density at radius 3 is 2.46 bits per heavy atom. The molecule has 2 aromatic heterocycles. The molecule has 3 rings (SSSR count). The second-order valence-electron chi connectivity index (χ2n) is 5.22. The van der Waals surface area contributed by atoms with Crippen LogP contribution in [0.2, 0.25) is 10.2 Å². The van der Waals surface area contributed by atoms with E-state index in [2.05, 4.69) is 14.9 Å². The minimum absolute atomic E-state index is 0.0213. The van der Waals surface area contributed by atoms with Crippen molar-refractivity contribution in [2.24, 2.45) is 7.05 Å². The summed E-state index contributed by atoms with van der Waals surface area (Å²) in [6.45, 7) is -3.16. The molecule has 0 saturated carbocycles. The van der Waals surface area contributed by atoms with Crippen LogP contribution in [0.3, 0.4) is 0 Å². The molecule has 0 fully saturated rings. The molecule has 26 heavy (non-hydrogen) atoms. The van der Waals surface area contributed by atoms with Crippen LogP contribution in [-0.2, 0) is 17.1 Å². The van der Waals surface area contributed by atoms with E-state index in [1.165, 1.54) is 7.05 Å². The lowest BCUT2D eigenvalue weighted by Crippen LogP contribution is -2.11. The van der Waals surface area contributed by atoms with Crippen LogP contribution in [-0.4, -0.2) is 40.3 Å². The molecule has 0 radical (unpaired) electrons. The fraction of sp³-hybridized carbons (Fsp3) is 0.231. The van der Waals surface area contributed by atoms with Crippen molar-refractivity contribution in [3.8, 4) is 17.1 Å². The van der Waals surface area contributed by atoms with Crippen molar-refractivity contribution in [3.63, 3.8) is 0 Å². The fourth-order valence-corrected chi connectivity index (χ4v) is 3.69. The first kappa shape index (κ1) is 18.8. The van der Waals surface area contributed by atoms with E-state index in [0.717, 1.165) is 23.1 Å². The van der Waals surface area contributed by atoms with Crippen LogP contribution in [0.25, 0.3) is 22.2 Å². The number of halogens is 5. The Bertz CT molecular complexity index is 1130. The molecule has 0 saturated heterocycles. The van der Waals surface area contributed by atoms with Gasteiger partial charge in [-0.3, -0.25) is 0 Å². The second kappa shape index (κ2) is 6.32. The van der Waals surface area contributed by atoms with Gasteiger partial charge in [0, 0.05) is 18.0 Å². The highest BCUT2D eigenvalue weighted by Gasteiger charge is 2.25. The normalized spacial score (nSPS) is 12.3. The maximum atomic E-state index is 14.5. The number of ether oxygens (including phenoxy) is 1. The van der Waals surface area contributed by atoms with E-state index in [0.29, 0.717) is 4.09 Å². The predicted octanol–water partition coefficient (Wildman–Crippen LogP) is 3.29. The highest BCUT2D eigenvalue weighted by Crippen LogP contribution is 2.38. The molecule has 0 aliphatic heterocycles. The first-order valence-corrected chi connectivity index (χ1v) is 9.37. The van der Waals surface area contributed by atoms with Crippen molar-refractivity contribution in [1.29, 1.82) is 0 Å². The number of nitrogens with zero attached hydrogens (tertiary/aromatic N) is 4. The second-order valence-corrected chi connectivity index (χ2v) is 7.76. The van der Waals surface area contributed by atoms with Crippen molar-refractivity contribution in [2.75, 3.05) is 6.26 Å². The molecule has 0 bridgehead atoms. The van der Waals surface area contributed by atoms with Gasteiger partial charge in [0.05, 0.1) is 11.8 Å². The Labute approximate surface area is 154 Å². The largest absolute Gasteiger partial charge is 0.416 e. The zero-order valence-electron chi connectivity index (χ0n) is 13.0. The lowest BCUT2D eigenvalue weighted by molar-refractivity contribution is -0.0552. The highest BCUT2D eigenvalue weighted by atomic mass is 35.5. The number of hydrogen-bond acceptors (Lipinski definition) is 5. The molecule has 13 heteroatoms. The molecule has 0 spiro atoms. The molecule has 7 nitrogen and oxygen atoms in total. The molecule has 0 unspecified atom stereocenters. The summed E-state index contributed by atoms with van der Waals surface area (Å²) in [6.07, 6.45) is 0.890. The minimum Gasteiger partial charge on any atom is -0.416 e. The van der Waals surface area contributed by atoms with Crippen molar-refractivity contribution in [2.45, 2.75) is 6.61 Å². The summed E-state index contributed by atoms with van der Waals surface area (Å²) >= 11 is 11.9. The van der Waals surface area contributed by atoms with Gasteiger partial charge < -0.3 is 4.74 Å². The monoisotopic (exact) mass is 428 g/mol. The van der Waals surface area contributed by atoms with Crippen LogP contribution in [0.15, 0.2) is 12.1 Å². The fourth-order valence-electron chi connectivity index (χ4n) is 2.37. The summed E-state index contributed by atoms with van der Waals surface area (Å²) in [5.74, 6) is -1.32. The van der Waals surface area contributed by atoms with E-state index in [-0.39, 0.29) is 32.3 Å². The molecule has 3 aromatic rings. The molecule has 0 N–H and O–H groups in total. The van der Waals surface area contributed by atoms with Gasteiger partial charge in [0.15, 0.2) is 5.15 Å². The van der Waals surface area contributed by atoms with Crippen LogP contribution in [0, 0.1) is 5.82 Å². The number of aromatic nitrogens is 4. The SMILES string of the molecule is Cn1nc(-c2cc3c(cc2F)c(Cl)nn3S(C)(=O)=O)c(Cl)c1OC(F)F. The Morgan fingerprint density at radius 2 is 1.88 bits per heavy atom. The van der Waals surface area contributed by atoms with Crippen molar-refractivity contribution in [3.05, 3.63) is 28.1 Å². The first-order valence-electron chi connectivity index (χ1n) is 6.76. The van der Waals surface area contributed by atoms with E-state index in [4.69, 9.17) is 23.2 Å². The maximum absolute atomic E-state index is 14.5. The van der Waals surface area contributed by atoms with Crippen LogP contribution in [0.1, 0.15) is 0 Å². The third-order valence-corrected chi connectivity index (χ3v) is 4.93. The Kier molecular flexibility index (Phi) is 4.57. The van der Waals surface area contributed by atoms with Crippen LogP contribution >= 0.6 is 23.2 Å². The molecule has 0 aliphatic carbocycles. The van der Waals surface area contributed by atoms with Gasteiger partial charge >= 0.3 is 6.61 Å². The quantitative estimate of drug-likeness (QED) is 0.636. The molecule has 2 heterocycles. The van der Waals surface area contributed by atoms with Crippen molar-refractivity contribution >= 4 is 44.1 Å². The van der Waals surface area contributed by atoms with Crippen molar-refractivity contribution in [1.82, 2.24) is 19.0 Å². The summed E-state index contributed by atoms with van der Waals surface area (Å²) in [7, 11) is -2.55. The van der Waals surface area contributed by atoms with Gasteiger partial charge in [0.1, 0.15) is 16.5 Å². The van der Waals surface area contributed by atoms with E-state index in [1.807, 2.05) is 0 Å². The average Bonchev–Trinajstić information content (AvgIpc) is 2.98. The van der Waals surface area contributed by atoms with Gasteiger partial charge in [-0.25, -0.2) is 17.5 Å². The van der Waals surface area contributed by atoms with Gasteiger partial charge in [0.25, 0.3) is 10.0 Å². The molecule has 0 atom stereocenters. The maximum Gasteiger partial charge on any atom is 0.388 e. The summed E-state index contributed by atoms with van der Waals surface area (Å²) < 4.78 is 69.0. The summed E-state index contributed by atoms with van der Waals surface area (Å²) in [4.78, 5) is 0. The molecule has 0 aliphatic rings. The number of aryl methyl sites for hydroxylation is 1. The standard InChI is InChI=1S/C13H9Cl2F3N4O3S/c1-21-12(25-13(17)18)9(14)10(19-21)5-4-8-6(3-7(5)16)11(15)20-22(8)26(2,23)24/h3-4,13H,1-2H3. The smallest absolute Gasteiger partial charge is 0.388 e. The van der Waals surface area contributed by atoms with Gasteiger partial charge in [0.2, 0.25) is 5.88 Å². The lowest BCUT2D eigenvalue weighted by Gasteiger charge is -2.04. The molecular formula is C13H9Cl2F3N4O3S. The molecule has 0 amide bonds. The lowest BCUT2D eigenvalue weighted by atomic mass is 10.1. The predicted molar refractivity (Wildman–Crippen MR) is 88.8 cm³/mol. The number of hydrogen-bond donors (Lipinski definition) is 0. The van der Waals surface area contributed by atoms with Gasteiger partial charge in [-0.05, 0) is 12.1 Å². The number of rotatable bonds is 4. The zero-order valence-corrected chi connectivity index (χ0v) is 15.4.